The molecule has 1 aliphatic carbocycles. The van der Waals surface area contributed by atoms with Gasteiger partial charge in [0.05, 0.1) is 17.7 Å². The fourth-order valence-corrected chi connectivity index (χ4v) is 3.71. The van der Waals surface area contributed by atoms with E-state index in [1.807, 2.05) is 6.07 Å². The largest absolute Gasteiger partial charge is 0.417 e. The van der Waals surface area contributed by atoms with Crippen LogP contribution >= 0.6 is 0 Å². The van der Waals surface area contributed by atoms with Crippen LogP contribution in [0.25, 0.3) is 11.1 Å². The van der Waals surface area contributed by atoms with Gasteiger partial charge in [0.2, 0.25) is 5.91 Å². The lowest BCUT2D eigenvalue weighted by molar-refractivity contribution is -0.161. The van der Waals surface area contributed by atoms with Crippen molar-refractivity contribution in [2.75, 3.05) is 0 Å². The minimum Gasteiger partial charge on any atom is -0.336 e. The number of rotatable bonds is 8. The summed E-state index contributed by atoms with van der Waals surface area (Å²) in [5.41, 5.74) is -2.18. The Morgan fingerprint density at radius 3 is 2.18 bits per heavy atom. The number of nitrogens with zero attached hydrogens (tertiary/aromatic N) is 1. The van der Waals surface area contributed by atoms with Gasteiger partial charge in [-0.05, 0) is 42.0 Å². The number of nitrogens with one attached hydrogen (secondary N) is 2. The van der Waals surface area contributed by atoms with Crippen LogP contribution in [-0.4, -0.2) is 23.7 Å². The van der Waals surface area contributed by atoms with Crippen molar-refractivity contribution in [1.29, 1.82) is 5.26 Å². The highest BCUT2D eigenvalue weighted by molar-refractivity contribution is 5.83. The summed E-state index contributed by atoms with van der Waals surface area (Å²) in [5, 5.41) is 14.0. The predicted octanol–water partition coefficient (Wildman–Crippen LogP) is 5.91. The molecule has 1 aliphatic rings. The number of nitriles is 1. The van der Waals surface area contributed by atoms with Crippen LogP contribution in [0.15, 0.2) is 48.5 Å². The second-order valence-corrected chi connectivity index (χ2v) is 8.33. The molecule has 3 rings (SSSR count). The molecule has 4 nitrogen and oxygen atoms in total. The third-order valence-corrected chi connectivity index (χ3v) is 5.70. The molecule has 0 spiro atoms. The van der Waals surface area contributed by atoms with Gasteiger partial charge in [-0.2, -0.15) is 31.6 Å². The normalized spacial score (nSPS) is 16.9. The van der Waals surface area contributed by atoms with Crippen LogP contribution in [-0.2, 0) is 11.0 Å². The Morgan fingerprint density at radius 1 is 1.06 bits per heavy atom. The summed E-state index contributed by atoms with van der Waals surface area (Å²) in [5.74, 6) is -0.689. The van der Waals surface area contributed by atoms with E-state index in [-0.39, 0.29) is 23.1 Å². The lowest BCUT2D eigenvalue weighted by atomic mass is 9.96. The van der Waals surface area contributed by atoms with Gasteiger partial charge in [-0.1, -0.05) is 55.8 Å². The smallest absolute Gasteiger partial charge is 0.336 e. The summed E-state index contributed by atoms with van der Waals surface area (Å²) in [6.45, 7) is 1.72. The second-order valence-electron chi connectivity index (χ2n) is 8.33. The highest BCUT2D eigenvalue weighted by Crippen LogP contribution is 2.39. The molecule has 0 unspecified atom stereocenters. The first-order valence-corrected chi connectivity index (χ1v) is 10.7. The Hall–Kier alpha value is -3.06. The molecule has 1 saturated carbocycles. The van der Waals surface area contributed by atoms with Gasteiger partial charge in [0.1, 0.15) is 11.6 Å². The summed E-state index contributed by atoms with van der Waals surface area (Å²) in [7, 11) is 0. The quantitative estimate of drug-likeness (QED) is 0.459. The standard InChI is InChI=1S/C24H23F6N3O/c1-2-5-19(21(34)33-22(14-31)12-13-22)32-20(24(28,29)30)16-10-8-15(9-11-16)17-6-3-4-7-18(17)23(25,26)27/h3-4,6-11,19-20,32H,2,5,12-13H2,1H3,(H,33,34)/t19-,20-/m0/s1. The molecule has 0 heterocycles. The van der Waals surface area contributed by atoms with Crippen molar-refractivity contribution >= 4 is 5.91 Å². The first kappa shape index (κ1) is 25.6. The number of hydrogen-bond acceptors (Lipinski definition) is 3. The Labute approximate surface area is 193 Å². The van der Waals surface area contributed by atoms with Crippen LogP contribution in [0.1, 0.15) is 49.8 Å². The maximum absolute atomic E-state index is 13.9. The Kier molecular flexibility index (Phi) is 7.26. The SMILES string of the molecule is CCC[C@H](N[C@@H](c1ccc(-c2ccccc2C(F)(F)F)cc1)C(F)(F)F)C(=O)NC1(C#N)CC1. The van der Waals surface area contributed by atoms with Gasteiger partial charge in [0, 0.05) is 0 Å². The minimum absolute atomic E-state index is 0.108. The number of carbonyl (C=O) groups is 1. The average molecular weight is 483 g/mol. The van der Waals surface area contributed by atoms with Crippen molar-refractivity contribution in [2.24, 2.45) is 0 Å². The number of alkyl halides is 6. The number of hydrogen-bond donors (Lipinski definition) is 2. The van der Waals surface area contributed by atoms with Crippen molar-refractivity contribution < 1.29 is 31.1 Å². The molecular formula is C24H23F6N3O. The first-order chi connectivity index (χ1) is 15.9. The van der Waals surface area contributed by atoms with Gasteiger partial charge >= 0.3 is 12.4 Å². The lowest BCUT2D eigenvalue weighted by Crippen LogP contribution is -2.51. The molecule has 2 N–H and O–H groups in total. The van der Waals surface area contributed by atoms with E-state index in [1.54, 1.807) is 6.92 Å². The highest BCUT2D eigenvalue weighted by atomic mass is 19.4. The molecule has 2 aromatic carbocycles. The molecule has 2 atom stereocenters. The van der Waals surface area contributed by atoms with Gasteiger partial charge in [-0.3, -0.25) is 10.1 Å². The van der Waals surface area contributed by atoms with Crippen molar-refractivity contribution in [1.82, 2.24) is 10.6 Å². The predicted molar refractivity (Wildman–Crippen MR) is 113 cm³/mol. The van der Waals surface area contributed by atoms with E-state index in [1.165, 1.54) is 30.3 Å². The van der Waals surface area contributed by atoms with Gasteiger partial charge in [0.15, 0.2) is 0 Å². The maximum Gasteiger partial charge on any atom is 0.417 e. The Bertz CT molecular complexity index is 1050. The maximum atomic E-state index is 13.9. The van der Waals surface area contributed by atoms with E-state index < -0.39 is 41.4 Å². The molecule has 0 saturated heterocycles. The van der Waals surface area contributed by atoms with Crippen LogP contribution < -0.4 is 10.6 Å². The summed E-state index contributed by atoms with van der Waals surface area (Å²) in [6, 6.07) is 7.96. The molecule has 0 bridgehead atoms. The van der Waals surface area contributed by atoms with E-state index in [0.717, 1.165) is 18.2 Å². The van der Waals surface area contributed by atoms with Crippen molar-refractivity contribution in [3.63, 3.8) is 0 Å². The fourth-order valence-electron chi connectivity index (χ4n) is 3.71. The molecule has 1 amide bonds. The molecule has 1 fully saturated rings. The third kappa shape index (κ3) is 5.89. The molecule has 0 aromatic heterocycles. The van der Waals surface area contributed by atoms with E-state index in [9.17, 15) is 31.1 Å². The molecule has 10 heteroatoms. The van der Waals surface area contributed by atoms with E-state index >= 15 is 0 Å². The van der Waals surface area contributed by atoms with Gasteiger partial charge in [-0.25, -0.2) is 0 Å². The van der Waals surface area contributed by atoms with Crippen molar-refractivity contribution in [3.05, 3.63) is 59.7 Å². The monoisotopic (exact) mass is 483 g/mol. The van der Waals surface area contributed by atoms with Crippen LogP contribution in [0, 0.1) is 11.3 Å². The zero-order valence-corrected chi connectivity index (χ0v) is 18.2. The molecule has 0 aliphatic heterocycles. The summed E-state index contributed by atoms with van der Waals surface area (Å²) in [4.78, 5) is 12.6. The van der Waals surface area contributed by atoms with Crippen molar-refractivity contribution in [2.45, 2.75) is 62.6 Å². The minimum atomic E-state index is -4.77. The zero-order valence-electron chi connectivity index (χ0n) is 18.2. The topological polar surface area (TPSA) is 64.9 Å². The van der Waals surface area contributed by atoms with Gasteiger partial charge < -0.3 is 5.32 Å². The Balaban J connectivity index is 1.87. The second kappa shape index (κ2) is 9.66. The zero-order chi connectivity index (χ0) is 25.1. The summed E-state index contributed by atoms with van der Waals surface area (Å²) < 4.78 is 81.8. The summed E-state index contributed by atoms with van der Waals surface area (Å²) in [6.07, 6.45) is -7.98. The number of benzene rings is 2. The molecule has 0 radical (unpaired) electrons. The number of halogens is 6. The molecular weight excluding hydrogens is 460 g/mol. The fraction of sp³-hybridized carbons (Fsp3) is 0.417. The number of amides is 1. The highest BCUT2D eigenvalue weighted by Gasteiger charge is 2.47. The molecule has 2 aromatic rings. The Morgan fingerprint density at radius 2 is 1.68 bits per heavy atom. The molecule has 34 heavy (non-hydrogen) atoms. The van der Waals surface area contributed by atoms with Crippen LogP contribution in [0.4, 0.5) is 26.3 Å². The van der Waals surface area contributed by atoms with E-state index in [2.05, 4.69) is 10.6 Å². The summed E-state index contributed by atoms with van der Waals surface area (Å²) >= 11 is 0. The van der Waals surface area contributed by atoms with Gasteiger partial charge in [-0.15, -0.1) is 0 Å². The molecule has 182 valence electrons. The van der Waals surface area contributed by atoms with Crippen LogP contribution in [0.5, 0.6) is 0 Å². The number of carbonyl (C=O) groups excluding carboxylic acids is 1. The first-order valence-electron chi connectivity index (χ1n) is 10.7. The van der Waals surface area contributed by atoms with Crippen LogP contribution in [0.2, 0.25) is 0 Å². The lowest BCUT2D eigenvalue weighted by Gasteiger charge is -2.28. The third-order valence-electron chi connectivity index (χ3n) is 5.70. The average Bonchev–Trinajstić information content (AvgIpc) is 3.55. The van der Waals surface area contributed by atoms with E-state index in [4.69, 9.17) is 5.26 Å². The van der Waals surface area contributed by atoms with Gasteiger partial charge in [0.25, 0.3) is 0 Å². The van der Waals surface area contributed by atoms with Crippen LogP contribution in [0.3, 0.4) is 0 Å². The van der Waals surface area contributed by atoms with Crippen molar-refractivity contribution in [3.8, 4) is 17.2 Å². The van der Waals surface area contributed by atoms with E-state index in [0.29, 0.717) is 19.3 Å².